The molecule has 0 aliphatic carbocycles. The molecule has 0 atom stereocenters. The molecule has 3 aromatic heterocycles. The quantitative estimate of drug-likeness (QED) is 0.104. The zero-order chi connectivity index (χ0) is 41.7. The second-order valence-electron chi connectivity index (χ2n) is 14.8. The van der Waals surface area contributed by atoms with Crippen molar-refractivity contribution in [3.63, 3.8) is 0 Å². The minimum Gasteiger partial charge on any atom is -0.309 e. The van der Waals surface area contributed by atoms with Gasteiger partial charge in [-0.1, -0.05) is 128 Å². The summed E-state index contributed by atoms with van der Waals surface area (Å²) in [5.74, 6) is 0. The van der Waals surface area contributed by atoms with Gasteiger partial charge in [-0.15, -0.1) is 0 Å². The number of pyridine rings is 3. The smallest absolute Gasteiger partial charge is 0.0702 e. The maximum absolute atomic E-state index is 6.39. The zero-order valence-corrected chi connectivity index (χ0v) is 33.9. The van der Waals surface area contributed by atoms with Crippen LogP contribution in [0.4, 0.5) is 0 Å². The molecule has 4 heteroatoms. The molecule has 290 valence electrons. The highest BCUT2D eigenvalue weighted by Crippen LogP contribution is 2.44. The van der Waals surface area contributed by atoms with E-state index >= 15 is 0 Å². The number of fused-ring (bicyclic) bond motifs is 3. The molecule has 1 N–H and O–H groups in total. The Kier molecular flexibility index (Phi) is 10.7. The van der Waals surface area contributed by atoms with Crippen molar-refractivity contribution in [3.8, 4) is 44.5 Å². The van der Waals surface area contributed by atoms with Crippen LogP contribution in [0.15, 0.2) is 214 Å². The SMILES string of the molecule is C/C=C\C=N.C=CC=C.c1cnc2ccc(-c3ccc4ccc5c(-c6cc(-c7cccc8cnccc78)cc(-c7cccc8cnccc78)c6)ccc6ccc3c4c65)cc2c1. The number of allylic oxidation sites excluding steroid dienone is 4. The van der Waals surface area contributed by atoms with Gasteiger partial charge in [-0.25, -0.2) is 0 Å². The summed E-state index contributed by atoms with van der Waals surface area (Å²) in [4.78, 5) is 13.4. The summed E-state index contributed by atoms with van der Waals surface area (Å²) in [5, 5.41) is 19.8. The number of hydrogen-bond acceptors (Lipinski definition) is 4. The van der Waals surface area contributed by atoms with Crippen LogP contribution in [0.25, 0.3) is 109 Å². The van der Waals surface area contributed by atoms with Crippen LogP contribution in [-0.4, -0.2) is 21.2 Å². The molecule has 0 saturated heterocycles. The minimum absolute atomic E-state index is 1.01. The molecule has 11 rings (SSSR count). The van der Waals surface area contributed by atoms with E-state index in [0.717, 1.165) is 21.7 Å². The van der Waals surface area contributed by atoms with Crippen molar-refractivity contribution in [2.75, 3.05) is 0 Å². The summed E-state index contributed by atoms with van der Waals surface area (Å²) in [6, 6.07) is 53.4. The standard InChI is InChI=1S/C49H29N3.C4H7N.C4H6/c1-4-34-28-50-22-19-43(34)39(7-1)36-25-37(40-8-2-5-35-29-51-23-20-44(35)40)27-38(26-36)42-15-10-31-11-16-45-41(14-9-30-12-17-46(42)49(31)48(30)45)32-13-18-47-33(24-32)6-3-21-52-47;1-2-3-4-5;1-3-4-2/h1-29H;2-5H,1H3;3-4H,1-2H2/b;3-2-,5-4?;. The van der Waals surface area contributed by atoms with Crippen LogP contribution in [0.2, 0.25) is 0 Å². The van der Waals surface area contributed by atoms with Gasteiger partial charge < -0.3 is 5.41 Å². The van der Waals surface area contributed by atoms with Gasteiger partial charge in [0.1, 0.15) is 0 Å². The lowest BCUT2D eigenvalue weighted by molar-refractivity contribution is 1.36. The first-order valence-electron chi connectivity index (χ1n) is 20.3. The fourth-order valence-electron chi connectivity index (χ4n) is 8.49. The topological polar surface area (TPSA) is 62.5 Å². The first-order valence-corrected chi connectivity index (χ1v) is 20.3. The monoisotopic (exact) mass is 782 g/mol. The van der Waals surface area contributed by atoms with Crippen molar-refractivity contribution in [1.29, 1.82) is 5.41 Å². The maximum atomic E-state index is 6.39. The molecule has 0 bridgehead atoms. The molecule has 8 aromatic carbocycles. The van der Waals surface area contributed by atoms with Crippen LogP contribution < -0.4 is 0 Å². The van der Waals surface area contributed by atoms with E-state index in [9.17, 15) is 0 Å². The summed E-state index contributed by atoms with van der Waals surface area (Å²) in [5.41, 5.74) is 10.6. The normalized spacial score (nSPS) is 11.2. The summed E-state index contributed by atoms with van der Waals surface area (Å²) < 4.78 is 0. The molecule has 4 nitrogen and oxygen atoms in total. The van der Waals surface area contributed by atoms with Crippen LogP contribution in [-0.2, 0) is 0 Å². The lowest BCUT2D eigenvalue weighted by atomic mass is 9.85. The Bertz CT molecular complexity index is 3340. The first kappa shape index (κ1) is 38.4. The van der Waals surface area contributed by atoms with E-state index in [1.165, 1.54) is 93.8 Å². The van der Waals surface area contributed by atoms with E-state index in [1.807, 2.05) is 50.1 Å². The van der Waals surface area contributed by atoms with E-state index in [2.05, 4.69) is 168 Å². The molecule has 0 unspecified atom stereocenters. The number of aromatic nitrogens is 3. The highest BCUT2D eigenvalue weighted by Gasteiger charge is 2.17. The Morgan fingerprint density at radius 3 is 1.46 bits per heavy atom. The summed E-state index contributed by atoms with van der Waals surface area (Å²) >= 11 is 0. The molecular formula is C57H42N4. The predicted octanol–water partition coefficient (Wildman–Crippen LogP) is 15.5. The zero-order valence-electron chi connectivity index (χ0n) is 33.9. The molecular weight excluding hydrogens is 741 g/mol. The number of hydrogen-bond donors (Lipinski definition) is 1. The fourth-order valence-corrected chi connectivity index (χ4v) is 8.49. The van der Waals surface area contributed by atoms with Gasteiger partial charge in [0.05, 0.1) is 5.52 Å². The van der Waals surface area contributed by atoms with E-state index in [-0.39, 0.29) is 0 Å². The lowest BCUT2D eigenvalue weighted by Gasteiger charge is -2.18. The van der Waals surface area contributed by atoms with Crippen LogP contribution in [0.1, 0.15) is 6.92 Å². The second-order valence-corrected chi connectivity index (χ2v) is 14.8. The van der Waals surface area contributed by atoms with Gasteiger partial charge in [-0.3, -0.25) is 15.0 Å². The Morgan fingerprint density at radius 2 is 0.951 bits per heavy atom. The van der Waals surface area contributed by atoms with E-state index < -0.39 is 0 Å². The van der Waals surface area contributed by atoms with E-state index in [0.29, 0.717) is 0 Å². The molecule has 0 saturated carbocycles. The number of benzene rings is 8. The van der Waals surface area contributed by atoms with Crippen molar-refractivity contribution >= 4 is 71.0 Å². The molecule has 0 spiro atoms. The first-order chi connectivity index (χ1) is 30.1. The van der Waals surface area contributed by atoms with Crippen LogP contribution in [0.3, 0.4) is 0 Å². The van der Waals surface area contributed by atoms with Crippen molar-refractivity contribution < 1.29 is 0 Å². The van der Waals surface area contributed by atoms with Gasteiger partial charge in [0.25, 0.3) is 0 Å². The Labute approximate surface area is 355 Å². The molecule has 11 aromatic rings. The third-order valence-corrected chi connectivity index (χ3v) is 11.3. The minimum atomic E-state index is 1.01. The van der Waals surface area contributed by atoms with Gasteiger partial charge in [0.15, 0.2) is 0 Å². The van der Waals surface area contributed by atoms with Gasteiger partial charge >= 0.3 is 0 Å². The van der Waals surface area contributed by atoms with Gasteiger partial charge in [0, 0.05) is 53.4 Å². The number of nitrogens with one attached hydrogen (secondary N) is 1. The van der Waals surface area contributed by atoms with Crippen LogP contribution in [0, 0.1) is 5.41 Å². The Balaban J connectivity index is 0.000000484. The van der Waals surface area contributed by atoms with Crippen molar-refractivity contribution in [1.82, 2.24) is 15.0 Å². The molecule has 3 heterocycles. The summed E-state index contributed by atoms with van der Waals surface area (Å²) in [6.07, 6.45) is 17.5. The molecule has 0 amide bonds. The van der Waals surface area contributed by atoms with Gasteiger partial charge in [0.2, 0.25) is 0 Å². The highest BCUT2D eigenvalue weighted by atomic mass is 14.6. The largest absolute Gasteiger partial charge is 0.309 e. The van der Waals surface area contributed by atoms with Gasteiger partial charge in [-0.2, -0.15) is 0 Å². The molecule has 0 aliphatic rings. The molecule has 61 heavy (non-hydrogen) atoms. The third-order valence-electron chi connectivity index (χ3n) is 11.3. The second kappa shape index (κ2) is 17.0. The van der Waals surface area contributed by atoms with E-state index in [1.54, 1.807) is 18.2 Å². The predicted molar refractivity (Wildman–Crippen MR) is 262 cm³/mol. The Hall–Kier alpha value is -8.08. The number of nitrogens with zero attached hydrogens (tertiary/aromatic N) is 3. The van der Waals surface area contributed by atoms with E-state index in [4.69, 9.17) is 5.41 Å². The number of rotatable bonds is 6. The summed E-state index contributed by atoms with van der Waals surface area (Å²) in [6.45, 7) is 8.60. The summed E-state index contributed by atoms with van der Waals surface area (Å²) in [7, 11) is 0. The van der Waals surface area contributed by atoms with Crippen LogP contribution in [0.5, 0.6) is 0 Å². The lowest BCUT2D eigenvalue weighted by Crippen LogP contribution is -1.91. The fraction of sp³-hybridized carbons (Fsp3) is 0.0175. The van der Waals surface area contributed by atoms with Crippen LogP contribution >= 0.6 is 0 Å². The van der Waals surface area contributed by atoms with Crippen molar-refractivity contribution in [2.45, 2.75) is 6.92 Å². The van der Waals surface area contributed by atoms with Crippen molar-refractivity contribution in [2.24, 2.45) is 0 Å². The van der Waals surface area contributed by atoms with Gasteiger partial charge in [-0.05, 0) is 149 Å². The highest BCUT2D eigenvalue weighted by molar-refractivity contribution is 6.27. The molecule has 0 aliphatic heterocycles. The molecule has 0 fully saturated rings. The average Bonchev–Trinajstić information content (AvgIpc) is 3.33. The molecule has 0 radical (unpaired) electrons. The third kappa shape index (κ3) is 7.32. The Morgan fingerprint density at radius 1 is 0.443 bits per heavy atom. The van der Waals surface area contributed by atoms with Crippen molar-refractivity contribution in [3.05, 3.63) is 214 Å². The maximum Gasteiger partial charge on any atom is 0.0702 e. The average molecular weight is 783 g/mol.